The van der Waals surface area contributed by atoms with E-state index in [-0.39, 0.29) is 12.0 Å². The zero-order valence-electron chi connectivity index (χ0n) is 19.6. The van der Waals surface area contributed by atoms with Crippen molar-refractivity contribution in [1.82, 2.24) is 4.90 Å². The quantitative estimate of drug-likeness (QED) is 0.517. The van der Waals surface area contributed by atoms with Crippen molar-refractivity contribution in [1.29, 1.82) is 0 Å². The Labute approximate surface area is 190 Å². The number of nitrogens with zero attached hydrogens (tertiary/aromatic N) is 1. The smallest absolute Gasteiger partial charge is 0.305 e. The summed E-state index contributed by atoms with van der Waals surface area (Å²) in [6, 6.07) is 10.3. The first-order chi connectivity index (χ1) is 15.5. The van der Waals surface area contributed by atoms with Crippen LogP contribution in [0.2, 0.25) is 0 Å². The molecule has 7 nitrogen and oxygen atoms in total. The largest absolute Gasteiger partial charge is 0.493 e. The normalized spacial score (nSPS) is 15.6. The van der Waals surface area contributed by atoms with Gasteiger partial charge in [-0.1, -0.05) is 6.07 Å². The number of hydrogen-bond donors (Lipinski definition) is 0. The summed E-state index contributed by atoms with van der Waals surface area (Å²) in [4.78, 5) is 14.1. The molecule has 0 saturated heterocycles. The maximum Gasteiger partial charge on any atom is 0.305 e. The molecule has 0 aromatic heterocycles. The molecule has 0 unspecified atom stereocenters. The molecular formula is C25H33NO6. The Morgan fingerprint density at radius 2 is 1.56 bits per heavy atom. The topological polar surface area (TPSA) is 66.5 Å². The van der Waals surface area contributed by atoms with Crippen LogP contribution in [0.4, 0.5) is 0 Å². The van der Waals surface area contributed by atoms with E-state index in [0.717, 1.165) is 49.4 Å². The van der Waals surface area contributed by atoms with Gasteiger partial charge in [0.1, 0.15) is 0 Å². The van der Waals surface area contributed by atoms with Crippen LogP contribution in [-0.2, 0) is 22.4 Å². The number of methoxy groups -OCH3 is 5. The van der Waals surface area contributed by atoms with Crippen LogP contribution in [0.3, 0.4) is 0 Å². The Morgan fingerprint density at radius 3 is 2.22 bits per heavy atom. The molecule has 7 heteroatoms. The Morgan fingerprint density at radius 1 is 0.906 bits per heavy atom. The molecule has 1 aliphatic rings. The van der Waals surface area contributed by atoms with E-state index in [0.29, 0.717) is 17.9 Å². The zero-order chi connectivity index (χ0) is 23.1. The van der Waals surface area contributed by atoms with Crippen molar-refractivity contribution < 1.29 is 28.5 Å². The summed E-state index contributed by atoms with van der Waals surface area (Å²) in [6.07, 6.45) is 2.87. The minimum absolute atomic E-state index is 0.134. The van der Waals surface area contributed by atoms with E-state index in [1.807, 2.05) is 12.1 Å². The predicted octanol–water partition coefficient (Wildman–Crippen LogP) is 3.82. The SMILES string of the molecule is COC(=O)CCCN1CCc2cc(OC)c(OC)cc2[C@H]1Cc1ccc(OC)c(OC)c1. The first-order valence-corrected chi connectivity index (χ1v) is 10.8. The van der Waals surface area contributed by atoms with Crippen molar-refractivity contribution in [3.8, 4) is 23.0 Å². The number of benzene rings is 2. The van der Waals surface area contributed by atoms with Gasteiger partial charge in [0.15, 0.2) is 23.0 Å². The molecule has 0 bridgehead atoms. The lowest BCUT2D eigenvalue weighted by atomic mass is 9.88. The summed E-state index contributed by atoms with van der Waals surface area (Å²) in [5.41, 5.74) is 3.63. The predicted molar refractivity (Wildman–Crippen MR) is 122 cm³/mol. The molecule has 0 amide bonds. The Bertz CT molecular complexity index is 929. The summed E-state index contributed by atoms with van der Waals surface area (Å²) >= 11 is 0. The van der Waals surface area contributed by atoms with Crippen LogP contribution in [-0.4, -0.2) is 59.5 Å². The number of esters is 1. The van der Waals surface area contributed by atoms with E-state index in [9.17, 15) is 4.79 Å². The molecule has 174 valence electrons. The second-order valence-corrected chi connectivity index (χ2v) is 7.78. The van der Waals surface area contributed by atoms with Crippen molar-refractivity contribution in [3.63, 3.8) is 0 Å². The first kappa shape index (κ1) is 23.7. The summed E-state index contributed by atoms with van der Waals surface area (Å²) < 4.78 is 26.8. The third kappa shape index (κ3) is 5.27. The van der Waals surface area contributed by atoms with Gasteiger partial charge in [-0.2, -0.15) is 0 Å². The molecule has 1 atom stereocenters. The lowest BCUT2D eigenvalue weighted by Gasteiger charge is -2.38. The second-order valence-electron chi connectivity index (χ2n) is 7.78. The third-order valence-corrected chi connectivity index (χ3v) is 6.04. The highest BCUT2D eigenvalue weighted by Crippen LogP contribution is 2.40. The first-order valence-electron chi connectivity index (χ1n) is 10.8. The van der Waals surface area contributed by atoms with Gasteiger partial charge in [-0.3, -0.25) is 9.69 Å². The van der Waals surface area contributed by atoms with Gasteiger partial charge in [-0.15, -0.1) is 0 Å². The molecule has 2 aromatic carbocycles. The lowest BCUT2D eigenvalue weighted by molar-refractivity contribution is -0.140. The van der Waals surface area contributed by atoms with Crippen LogP contribution in [0, 0.1) is 0 Å². The number of rotatable bonds is 10. The zero-order valence-corrected chi connectivity index (χ0v) is 19.6. The third-order valence-electron chi connectivity index (χ3n) is 6.04. The number of hydrogen-bond acceptors (Lipinski definition) is 7. The fraction of sp³-hybridized carbons (Fsp3) is 0.480. The standard InChI is InChI=1S/C25H33NO6/c1-28-21-9-8-17(14-22(21)29-2)13-20-19-16-24(31-4)23(30-3)15-18(19)10-12-26(20)11-6-7-25(27)32-5/h8-9,14-16,20H,6-7,10-13H2,1-5H3/t20-/m1/s1. The molecule has 0 radical (unpaired) electrons. The van der Waals surface area contributed by atoms with Crippen LogP contribution in [0.15, 0.2) is 30.3 Å². The van der Waals surface area contributed by atoms with E-state index < -0.39 is 0 Å². The summed E-state index contributed by atoms with van der Waals surface area (Å²) in [6.45, 7) is 1.71. The minimum Gasteiger partial charge on any atom is -0.493 e. The van der Waals surface area contributed by atoms with Crippen molar-refractivity contribution in [3.05, 3.63) is 47.0 Å². The van der Waals surface area contributed by atoms with Gasteiger partial charge in [0.2, 0.25) is 0 Å². The Balaban J connectivity index is 1.93. The Kier molecular flexibility index (Phi) is 8.22. The van der Waals surface area contributed by atoms with E-state index in [4.69, 9.17) is 23.7 Å². The molecule has 1 heterocycles. The van der Waals surface area contributed by atoms with Crippen molar-refractivity contribution in [2.24, 2.45) is 0 Å². The average Bonchev–Trinajstić information content (AvgIpc) is 2.83. The van der Waals surface area contributed by atoms with Crippen molar-refractivity contribution in [2.75, 3.05) is 48.6 Å². The summed E-state index contributed by atoms with van der Waals surface area (Å²) in [5, 5.41) is 0. The van der Waals surface area contributed by atoms with E-state index in [1.165, 1.54) is 18.2 Å². The van der Waals surface area contributed by atoms with Gasteiger partial charge in [-0.05, 0) is 66.8 Å². The fourth-order valence-corrected chi connectivity index (χ4v) is 4.35. The van der Waals surface area contributed by atoms with E-state index in [1.54, 1.807) is 28.4 Å². The second kappa shape index (κ2) is 11.1. The Hall–Kier alpha value is -2.93. The monoisotopic (exact) mass is 443 g/mol. The molecule has 1 aliphatic heterocycles. The van der Waals surface area contributed by atoms with Gasteiger partial charge in [0.25, 0.3) is 0 Å². The molecular weight excluding hydrogens is 410 g/mol. The summed E-state index contributed by atoms with van der Waals surface area (Å²) in [7, 11) is 8.03. The molecule has 0 N–H and O–H groups in total. The highest BCUT2D eigenvalue weighted by Gasteiger charge is 2.29. The summed E-state index contributed by atoms with van der Waals surface area (Å²) in [5.74, 6) is 2.72. The van der Waals surface area contributed by atoms with Crippen LogP contribution < -0.4 is 18.9 Å². The minimum atomic E-state index is -0.176. The van der Waals surface area contributed by atoms with Crippen molar-refractivity contribution in [2.45, 2.75) is 31.7 Å². The van der Waals surface area contributed by atoms with Crippen LogP contribution in [0.5, 0.6) is 23.0 Å². The van der Waals surface area contributed by atoms with E-state index in [2.05, 4.69) is 23.1 Å². The molecule has 3 rings (SSSR count). The lowest BCUT2D eigenvalue weighted by Crippen LogP contribution is -2.37. The van der Waals surface area contributed by atoms with Crippen LogP contribution >= 0.6 is 0 Å². The number of fused-ring (bicyclic) bond motifs is 1. The molecule has 0 aliphatic carbocycles. The molecule has 0 saturated carbocycles. The number of carbonyl (C=O) groups excluding carboxylic acids is 1. The maximum atomic E-state index is 11.6. The van der Waals surface area contributed by atoms with Gasteiger partial charge in [0.05, 0.1) is 35.5 Å². The molecule has 2 aromatic rings. The van der Waals surface area contributed by atoms with Gasteiger partial charge < -0.3 is 23.7 Å². The highest BCUT2D eigenvalue weighted by atomic mass is 16.5. The van der Waals surface area contributed by atoms with Crippen LogP contribution in [0.25, 0.3) is 0 Å². The molecule has 0 spiro atoms. The fourth-order valence-electron chi connectivity index (χ4n) is 4.35. The van der Waals surface area contributed by atoms with Gasteiger partial charge >= 0.3 is 5.97 Å². The maximum absolute atomic E-state index is 11.6. The van der Waals surface area contributed by atoms with Crippen LogP contribution in [0.1, 0.15) is 35.6 Å². The van der Waals surface area contributed by atoms with Gasteiger partial charge in [0, 0.05) is 19.0 Å². The average molecular weight is 444 g/mol. The van der Waals surface area contributed by atoms with Crippen molar-refractivity contribution >= 4 is 5.97 Å². The van der Waals surface area contributed by atoms with Gasteiger partial charge in [-0.25, -0.2) is 0 Å². The molecule has 0 fully saturated rings. The molecule has 32 heavy (non-hydrogen) atoms. The number of ether oxygens (including phenoxy) is 5. The highest BCUT2D eigenvalue weighted by molar-refractivity contribution is 5.69. The number of carbonyl (C=O) groups is 1. The van der Waals surface area contributed by atoms with E-state index >= 15 is 0 Å².